The summed E-state index contributed by atoms with van der Waals surface area (Å²) in [4.78, 5) is 29.8. The summed E-state index contributed by atoms with van der Waals surface area (Å²) in [6.07, 6.45) is 5.32. The number of amides is 2. The molecule has 1 atom stereocenters. The van der Waals surface area contributed by atoms with E-state index in [0.29, 0.717) is 12.0 Å². The number of hydrogen-bond acceptors (Lipinski definition) is 3. The van der Waals surface area contributed by atoms with Gasteiger partial charge in [-0.3, -0.25) is 9.59 Å². The van der Waals surface area contributed by atoms with Crippen LogP contribution in [0.25, 0.3) is 0 Å². The van der Waals surface area contributed by atoms with E-state index in [2.05, 4.69) is 17.4 Å². The first-order chi connectivity index (χ1) is 14.0. The molecule has 1 saturated carbocycles. The van der Waals surface area contributed by atoms with Gasteiger partial charge in [-0.05, 0) is 55.5 Å². The molecule has 1 aliphatic heterocycles. The van der Waals surface area contributed by atoms with Gasteiger partial charge in [0.05, 0.1) is 12.5 Å². The van der Waals surface area contributed by atoms with E-state index in [0.717, 1.165) is 43.4 Å². The van der Waals surface area contributed by atoms with Crippen LogP contribution in [0.4, 0.5) is 5.69 Å². The van der Waals surface area contributed by atoms with Crippen LogP contribution in [0, 0.1) is 0 Å². The number of carbonyl (C=O) groups excluding carboxylic acids is 2. The molecule has 0 unspecified atom stereocenters. The maximum absolute atomic E-state index is 13.1. The Bertz CT molecular complexity index is 871. The molecule has 2 aromatic carbocycles. The Kier molecular flexibility index (Phi) is 5.31. The van der Waals surface area contributed by atoms with E-state index < -0.39 is 5.66 Å². The molecular weight excluding hydrogens is 362 g/mol. The van der Waals surface area contributed by atoms with E-state index in [4.69, 9.17) is 0 Å². The zero-order valence-corrected chi connectivity index (χ0v) is 17.2. The minimum Gasteiger partial charge on any atom is -0.378 e. The van der Waals surface area contributed by atoms with E-state index in [9.17, 15) is 9.59 Å². The lowest BCUT2D eigenvalue weighted by Gasteiger charge is -2.55. The van der Waals surface area contributed by atoms with Gasteiger partial charge in [-0.2, -0.15) is 0 Å². The quantitative estimate of drug-likeness (QED) is 0.780. The van der Waals surface area contributed by atoms with E-state index in [-0.39, 0.29) is 17.9 Å². The highest BCUT2D eigenvalue weighted by Gasteiger charge is 2.51. The number of carbonyl (C=O) groups is 2. The molecule has 0 spiro atoms. The van der Waals surface area contributed by atoms with Crippen molar-refractivity contribution in [3.63, 3.8) is 0 Å². The zero-order chi connectivity index (χ0) is 20.4. The molecule has 1 aliphatic carbocycles. The van der Waals surface area contributed by atoms with Crippen molar-refractivity contribution in [2.45, 2.75) is 50.2 Å². The largest absolute Gasteiger partial charge is 0.378 e. The minimum atomic E-state index is -0.592. The fourth-order valence-electron chi connectivity index (χ4n) is 4.65. The monoisotopic (exact) mass is 391 g/mol. The Labute approximate surface area is 172 Å². The van der Waals surface area contributed by atoms with Gasteiger partial charge in [0.1, 0.15) is 5.66 Å². The summed E-state index contributed by atoms with van der Waals surface area (Å²) in [7, 11) is 3.95. The average Bonchev–Trinajstić information content (AvgIpc) is 2.73. The summed E-state index contributed by atoms with van der Waals surface area (Å²) in [5, 5.41) is 3.28. The molecular formula is C24H29N3O2. The zero-order valence-electron chi connectivity index (χ0n) is 17.2. The highest BCUT2D eigenvalue weighted by Crippen LogP contribution is 2.45. The molecule has 0 radical (unpaired) electrons. The molecule has 4 rings (SSSR count). The van der Waals surface area contributed by atoms with Crippen molar-refractivity contribution in [1.82, 2.24) is 10.2 Å². The third-order valence-electron chi connectivity index (χ3n) is 6.27. The van der Waals surface area contributed by atoms with Gasteiger partial charge in [-0.1, -0.05) is 36.8 Å². The van der Waals surface area contributed by atoms with E-state index >= 15 is 0 Å². The van der Waals surface area contributed by atoms with Crippen molar-refractivity contribution in [3.8, 4) is 0 Å². The van der Waals surface area contributed by atoms with Crippen LogP contribution in [0.2, 0.25) is 0 Å². The van der Waals surface area contributed by atoms with Crippen molar-refractivity contribution in [1.29, 1.82) is 0 Å². The van der Waals surface area contributed by atoms with Crippen molar-refractivity contribution in [3.05, 3.63) is 65.7 Å². The van der Waals surface area contributed by atoms with Crippen LogP contribution in [-0.2, 0) is 4.79 Å². The molecule has 2 fully saturated rings. The van der Waals surface area contributed by atoms with Crippen LogP contribution in [0.15, 0.2) is 54.6 Å². The van der Waals surface area contributed by atoms with Crippen LogP contribution in [-0.4, -0.2) is 36.5 Å². The summed E-state index contributed by atoms with van der Waals surface area (Å²) >= 11 is 0. The first-order valence-electron chi connectivity index (χ1n) is 10.5. The van der Waals surface area contributed by atoms with Gasteiger partial charge in [0, 0.05) is 25.3 Å². The molecule has 2 aromatic rings. The minimum absolute atomic E-state index is 0.0400. The molecule has 1 saturated heterocycles. The maximum Gasteiger partial charge on any atom is 0.253 e. The number of anilines is 1. The predicted octanol–water partition coefficient (Wildman–Crippen LogP) is 4.12. The Morgan fingerprint density at radius 3 is 2.24 bits per heavy atom. The molecule has 5 heteroatoms. The van der Waals surface area contributed by atoms with Gasteiger partial charge in [-0.25, -0.2) is 0 Å². The van der Waals surface area contributed by atoms with E-state index in [1.54, 1.807) is 0 Å². The molecule has 1 heterocycles. The number of benzene rings is 2. The normalized spacial score (nSPS) is 20.7. The second-order valence-electron chi connectivity index (χ2n) is 8.38. The first kappa shape index (κ1) is 19.5. The summed E-state index contributed by atoms with van der Waals surface area (Å²) in [5.41, 5.74) is 2.23. The SMILES string of the molecule is CN(C)c1ccc(C(=O)NC2(N3C(=O)C[C@H]3c3ccccc3)CCCCC2)cc1. The number of likely N-dealkylation sites (tertiary alicyclic amines) is 1. The smallest absolute Gasteiger partial charge is 0.253 e. The summed E-state index contributed by atoms with van der Waals surface area (Å²) < 4.78 is 0. The Morgan fingerprint density at radius 1 is 1.00 bits per heavy atom. The Hall–Kier alpha value is -2.82. The third kappa shape index (κ3) is 3.74. The van der Waals surface area contributed by atoms with Gasteiger partial charge in [0.2, 0.25) is 5.91 Å². The molecule has 2 amide bonds. The second kappa shape index (κ2) is 7.90. The lowest BCUT2D eigenvalue weighted by Crippen LogP contribution is -2.68. The van der Waals surface area contributed by atoms with Crippen LogP contribution < -0.4 is 10.2 Å². The lowest BCUT2D eigenvalue weighted by atomic mass is 9.81. The number of hydrogen-bond donors (Lipinski definition) is 1. The lowest BCUT2D eigenvalue weighted by molar-refractivity contribution is -0.162. The average molecular weight is 392 g/mol. The van der Waals surface area contributed by atoms with Crippen LogP contribution in [0.3, 0.4) is 0 Å². The van der Waals surface area contributed by atoms with Crippen LogP contribution in [0.1, 0.15) is 60.5 Å². The first-order valence-corrected chi connectivity index (χ1v) is 10.5. The van der Waals surface area contributed by atoms with Crippen LogP contribution in [0.5, 0.6) is 0 Å². The van der Waals surface area contributed by atoms with Gasteiger partial charge in [0.15, 0.2) is 0 Å². The topological polar surface area (TPSA) is 52.7 Å². The van der Waals surface area contributed by atoms with Crippen molar-refractivity contribution in [2.24, 2.45) is 0 Å². The molecule has 152 valence electrons. The van der Waals surface area contributed by atoms with Gasteiger partial charge in [0.25, 0.3) is 5.91 Å². The highest BCUT2D eigenvalue weighted by molar-refractivity contribution is 5.95. The summed E-state index contributed by atoms with van der Waals surface area (Å²) in [6, 6.07) is 17.8. The third-order valence-corrected chi connectivity index (χ3v) is 6.27. The van der Waals surface area contributed by atoms with Crippen LogP contribution >= 0.6 is 0 Å². The highest BCUT2D eigenvalue weighted by atomic mass is 16.2. The summed E-state index contributed by atoms with van der Waals surface area (Å²) in [5.74, 6) is 0.0210. The maximum atomic E-state index is 13.1. The van der Waals surface area contributed by atoms with Crippen molar-refractivity contribution < 1.29 is 9.59 Å². The number of β-lactam (4-membered cyclic amide) rings is 1. The van der Waals surface area contributed by atoms with E-state index in [1.165, 1.54) is 0 Å². The second-order valence-corrected chi connectivity index (χ2v) is 8.38. The number of nitrogens with zero attached hydrogens (tertiary/aromatic N) is 2. The molecule has 29 heavy (non-hydrogen) atoms. The molecule has 2 aliphatic rings. The van der Waals surface area contributed by atoms with E-state index in [1.807, 2.05) is 66.4 Å². The van der Waals surface area contributed by atoms with Gasteiger partial charge < -0.3 is 15.1 Å². The molecule has 0 aromatic heterocycles. The molecule has 5 nitrogen and oxygen atoms in total. The van der Waals surface area contributed by atoms with Gasteiger partial charge >= 0.3 is 0 Å². The fraction of sp³-hybridized carbons (Fsp3) is 0.417. The van der Waals surface area contributed by atoms with Crippen molar-refractivity contribution >= 4 is 17.5 Å². The Balaban J connectivity index is 1.59. The van der Waals surface area contributed by atoms with Gasteiger partial charge in [-0.15, -0.1) is 0 Å². The Morgan fingerprint density at radius 2 is 1.66 bits per heavy atom. The standard InChI is InChI=1S/C24H29N3O2/c1-26(2)20-13-11-19(12-14-20)23(29)25-24(15-7-4-8-16-24)27-21(17-22(27)28)18-9-5-3-6-10-18/h3,5-6,9-14,21H,4,7-8,15-17H2,1-2H3,(H,25,29)/t21-/m0/s1. The molecule has 0 bridgehead atoms. The number of nitrogens with one attached hydrogen (secondary N) is 1. The summed E-state index contributed by atoms with van der Waals surface area (Å²) in [6.45, 7) is 0. The predicted molar refractivity (Wildman–Crippen MR) is 115 cm³/mol. The van der Waals surface area contributed by atoms with Crippen molar-refractivity contribution in [2.75, 3.05) is 19.0 Å². The molecule has 1 N–H and O–H groups in total. The fourth-order valence-corrected chi connectivity index (χ4v) is 4.65. The number of rotatable bonds is 5.